The summed E-state index contributed by atoms with van der Waals surface area (Å²) < 4.78 is 28.5. The van der Waals surface area contributed by atoms with Crippen molar-refractivity contribution in [3.8, 4) is 5.75 Å². The summed E-state index contributed by atoms with van der Waals surface area (Å²) in [7, 11) is -2.66. The van der Waals surface area contributed by atoms with Crippen molar-refractivity contribution in [2.75, 3.05) is 7.11 Å². The summed E-state index contributed by atoms with van der Waals surface area (Å²) in [6.07, 6.45) is 0. The van der Waals surface area contributed by atoms with E-state index >= 15 is 0 Å². The molecule has 0 bridgehead atoms. The molecule has 0 unspecified atom stereocenters. The molecule has 5 nitrogen and oxygen atoms in total. The van der Waals surface area contributed by atoms with Gasteiger partial charge in [0.2, 0.25) is 13.6 Å². The lowest BCUT2D eigenvalue weighted by Crippen LogP contribution is -2.49. The number of alkyl halides is 3. The first-order valence-electron chi connectivity index (χ1n) is 7.38. The average Bonchev–Trinajstić information content (AvgIpc) is 2.58. The van der Waals surface area contributed by atoms with E-state index in [1.807, 2.05) is 6.92 Å². The van der Waals surface area contributed by atoms with Gasteiger partial charge in [0, 0.05) is 5.56 Å². The number of ether oxygens (including phenoxy) is 1. The molecule has 1 atom stereocenters. The summed E-state index contributed by atoms with van der Waals surface area (Å²) in [6.45, 7) is 1.81. The number of benzene rings is 2. The molecule has 26 heavy (non-hydrogen) atoms. The lowest BCUT2D eigenvalue weighted by molar-refractivity contribution is 0.0948. The minimum absolute atomic E-state index is 0.0607. The number of aryl methyl sites for hydroxylation is 1. The second-order valence-corrected chi connectivity index (χ2v) is 9.88. The van der Waals surface area contributed by atoms with Crippen LogP contribution < -0.4 is 10.1 Å². The summed E-state index contributed by atoms with van der Waals surface area (Å²) in [5, 5.41) is 0.534. The van der Waals surface area contributed by atoms with Gasteiger partial charge in [0.15, 0.2) is 5.37 Å². The van der Waals surface area contributed by atoms with Gasteiger partial charge in [-0.3, -0.25) is 4.79 Å². The Bertz CT molecular complexity index is 876. The van der Waals surface area contributed by atoms with Crippen molar-refractivity contribution in [1.82, 2.24) is 5.32 Å². The third-order valence-corrected chi connectivity index (χ3v) is 6.64. The van der Waals surface area contributed by atoms with Crippen molar-refractivity contribution in [2.24, 2.45) is 0 Å². The number of rotatable bonds is 5. The Hall–Kier alpha value is -1.47. The number of hydrogen-bond acceptors (Lipinski definition) is 4. The van der Waals surface area contributed by atoms with E-state index in [0.717, 1.165) is 5.56 Å². The molecule has 0 radical (unpaired) electrons. The lowest BCUT2D eigenvalue weighted by atomic mass is 10.2. The number of methoxy groups -OCH3 is 1. The summed E-state index contributed by atoms with van der Waals surface area (Å²) in [4.78, 5) is 12.4. The van der Waals surface area contributed by atoms with Crippen molar-refractivity contribution in [3.05, 3.63) is 59.7 Å². The van der Waals surface area contributed by atoms with Crippen LogP contribution in [0.5, 0.6) is 5.75 Å². The zero-order chi connectivity index (χ0) is 19.5. The third-order valence-electron chi connectivity index (χ3n) is 3.57. The monoisotopic (exact) mass is 435 g/mol. The maximum Gasteiger partial charge on any atom is 0.252 e. The van der Waals surface area contributed by atoms with Crippen LogP contribution in [0.25, 0.3) is 0 Å². The minimum atomic E-state index is -4.14. The van der Waals surface area contributed by atoms with E-state index in [1.165, 1.54) is 31.4 Å². The van der Waals surface area contributed by atoms with Gasteiger partial charge in [-0.15, -0.1) is 0 Å². The Labute approximate surface area is 167 Å². The van der Waals surface area contributed by atoms with Crippen molar-refractivity contribution in [3.63, 3.8) is 0 Å². The molecule has 1 N–H and O–H groups in total. The number of hydrogen-bond donors (Lipinski definition) is 1. The van der Waals surface area contributed by atoms with Crippen LogP contribution in [0.15, 0.2) is 53.4 Å². The fourth-order valence-corrected chi connectivity index (χ4v) is 4.77. The first-order valence-corrected chi connectivity index (χ1v) is 10.1. The first kappa shape index (κ1) is 20.8. The summed E-state index contributed by atoms with van der Waals surface area (Å²) in [5.41, 5.74) is 1.07. The van der Waals surface area contributed by atoms with Gasteiger partial charge < -0.3 is 10.1 Å². The molecule has 9 heteroatoms. The fraction of sp³-hybridized carbons (Fsp3) is 0.235. The highest BCUT2D eigenvalue weighted by Gasteiger charge is 2.44. The van der Waals surface area contributed by atoms with Crippen LogP contribution in [0.3, 0.4) is 0 Å². The highest BCUT2D eigenvalue weighted by molar-refractivity contribution is 7.92. The largest absolute Gasteiger partial charge is 0.497 e. The predicted molar refractivity (Wildman–Crippen MR) is 103 cm³/mol. The van der Waals surface area contributed by atoms with Crippen LogP contribution >= 0.6 is 34.8 Å². The molecule has 0 saturated carbocycles. The van der Waals surface area contributed by atoms with Crippen LogP contribution in [-0.2, 0) is 9.84 Å². The molecule has 0 spiro atoms. The quantitative estimate of drug-likeness (QED) is 0.721. The Kier molecular flexibility index (Phi) is 6.45. The Morgan fingerprint density at radius 1 is 1.04 bits per heavy atom. The number of nitrogens with one attached hydrogen (secondary N) is 1. The minimum Gasteiger partial charge on any atom is -0.497 e. The molecule has 0 heterocycles. The van der Waals surface area contributed by atoms with Crippen molar-refractivity contribution in [2.45, 2.75) is 21.0 Å². The smallest absolute Gasteiger partial charge is 0.252 e. The summed E-state index contributed by atoms with van der Waals surface area (Å²) in [6, 6.07) is 12.1. The Balaban J connectivity index is 2.35. The highest BCUT2D eigenvalue weighted by Crippen LogP contribution is 2.36. The van der Waals surface area contributed by atoms with Gasteiger partial charge in [-0.25, -0.2) is 8.42 Å². The number of carbonyl (C=O) groups excluding carboxylic acids is 1. The Morgan fingerprint density at radius 3 is 2.04 bits per heavy atom. The van der Waals surface area contributed by atoms with E-state index in [2.05, 4.69) is 5.32 Å². The Morgan fingerprint density at radius 2 is 1.58 bits per heavy atom. The van der Waals surface area contributed by atoms with E-state index in [4.69, 9.17) is 39.5 Å². The normalized spacial score (nSPS) is 13.1. The predicted octanol–water partition coefficient (Wildman–Crippen LogP) is 3.90. The second kappa shape index (κ2) is 8.05. The van der Waals surface area contributed by atoms with Gasteiger partial charge in [-0.05, 0) is 43.3 Å². The first-order chi connectivity index (χ1) is 12.1. The van der Waals surface area contributed by atoms with Gasteiger partial charge >= 0.3 is 0 Å². The fourth-order valence-electron chi connectivity index (χ4n) is 2.14. The number of halogens is 3. The molecule has 0 aliphatic heterocycles. The summed E-state index contributed by atoms with van der Waals surface area (Å²) >= 11 is 17.6. The second-order valence-electron chi connectivity index (χ2n) is 5.48. The zero-order valence-corrected chi connectivity index (χ0v) is 17.0. The van der Waals surface area contributed by atoms with Crippen LogP contribution in [-0.4, -0.2) is 30.6 Å². The van der Waals surface area contributed by atoms with Crippen molar-refractivity contribution >= 4 is 50.5 Å². The lowest BCUT2D eigenvalue weighted by Gasteiger charge is -2.25. The van der Waals surface area contributed by atoms with E-state index in [9.17, 15) is 13.2 Å². The average molecular weight is 437 g/mol. The molecule has 0 fully saturated rings. The summed E-state index contributed by atoms with van der Waals surface area (Å²) in [5.74, 6) is -0.147. The standard InChI is InChI=1S/C17H16Cl3NO4S/c1-11-3-9-14(10-4-11)26(23,24)16(17(18,19)20)21-15(22)12-5-7-13(25-2)8-6-12/h3-10,16H,1-2H3,(H,21,22)/t16-/m0/s1. The maximum absolute atomic E-state index is 12.9. The van der Waals surface area contributed by atoms with Gasteiger partial charge in [0.1, 0.15) is 5.75 Å². The molecular formula is C17H16Cl3NO4S. The molecule has 0 aliphatic rings. The van der Waals surface area contributed by atoms with E-state index in [0.29, 0.717) is 5.75 Å². The molecule has 0 saturated heterocycles. The van der Waals surface area contributed by atoms with Crippen molar-refractivity contribution < 1.29 is 17.9 Å². The SMILES string of the molecule is COc1ccc(C(=O)N[C@H](C(Cl)(Cl)Cl)S(=O)(=O)c2ccc(C)cc2)cc1. The third kappa shape index (κ3) is 4.82. The molecule has 0 aliphatic carbocycles. The van der Waals surface area contributed by atoms with Gasteiger partial charge in [-0.1, -0.05) is 52.5 Å². The van der Waals surface area contributed by atoms with Crippen molar-refractivity contribution in [1.29, 1.82) is 0 Å². The van der Waals surface area contributed by atoms with Crippen LogP contribution in [0.2, 0.25) is 0 Å². The van der Waals surface area contributed by atoms with Gasteiger partial charge in [-0.2, -0.15) is 0 Å². The van der Waals surface area contributed by atoms with Crippen LogP contribution in [0, 0.1) is 6.92 Å². The van der Waals surface area contributed by atoms with Crippen LogP contribution in [0.4, 0.5) is 0 Å². The van der Waals surface area contributed by atoms with E-state index in [1.54, 1.807) is 24.3 Å². The highest BCUT2D eigenvalue weighted by atomic mass is 35.6. The molecule has 1 amide bonds. The van der Waals surface area contributed by atoms with Gasteiger partial charge in [0.25, 0.3) is 5.91 Å². The molecule has 140 valence electrons. The van der Waals surface area contributed by atoms with E-state index < -0.39 is 24.9 Å². The molecule has 2 aromatic carbocycles. The van der Waals surface area contributed by atoms with E-state index in [-0.39, 0.29) is 10.5 Å². The number of sulfone groups is 1. The molecule has 2 aromatic rings. The number of carbonyl (C=O) groups is 1. The maximum atomic E-state index is 12.9. The molecule has 2 rings (SSSR count). The van der Waals surface area contributed by atoms with Gasteiger partial charge in [0.05, 0.1) is 12.0 Å². The zero-order valence-electron chi connectivity index (χ0n) is 13.9. The topological polar surface area (TPSA) is 72.5 Å². The number of amides is 1. The molecular weight excluding hydrogens is 421 g/mol. The molecule has 0 aromatic heterocycles. The van der Waals surface area contributed by atoms with Crippen LogP contribution in [0.1, 0.15) is 15.9 Å².